The molecule has 1 aliphatic carbocycles. The molecule has 0 saturated carbocycles. The zero-order valence-electron chi connectivity index (χ0n) is 19.5. The van der Waals surface area contributed by atoms with Crippen molar-refractivity contribution in [2.75, 3.05) is 6.61 Å². The molecule has 180 valence electrons. The Labute approximate surface area is 222 Å². The molecule has 0 bridgehead atoms. The first-order valence-electron chi connectivity index (χ1n) is 11.8. The zero-order chi connectivity index (χ0) is 24.8. The predicted octanol–water partition coefficient (Wildman–Crippen LogP) is 6.02. The minimum Gasteiger partial charge on any atom is -0.494 e. The Balaban J connectivity index is 1.58. The van der Waals surface area contributed by atoms with E-state index in [2.05, 4.69) is 18.2 Å². The van der Waals surface area contributed by atoms with Gasteiger partial charge < -0.3 is 4.74 Å². The molecule has 7 heteroatoms. The summed E-state index contributed by atoms with van der Waals surface area (Å²) in [5, 5.41) is 1.11. The van der Waals surface area contributed by atoms with Crippen LogP contribution >= 0.6 is 34.5 Å². The van der Waals surface area contributed by atoms with Crippen molar-refractivity contribution in [3.05, 3.63) is 124 Å². The van der Waals surface area contributed by atoms with E-state index < -0.39 is 0 Å². The monoisotopic (exact) mass is 532 g/mol. The number of hydrogen-bond donors (Lipinski definition) is 0. The van der Waals surface area contributed by atoms with Crippen molar-refractivity contribution in [2.45, 2.75) is 25.8 Å². The Hall–Kier alpha value is -3.12. The number of hydrogen-bond acceptors (Lipinski definition) is 4. The maximum atomic E-state index is 13.8. The highest BCUT2D eigenvalue weighted by Crippen LogP contribution is 2.43. The predicted molar refractivity (Wildman–Crippen MR) is 147 cm³/mol. The number of rotatable bonds is 4. The Morgan fingerprint density at radius 3 is 2.67 bits per heavy atom. The van der Waals surface area contributed by atoms with Gasteiger partial charge in [0, 0.05) is 15.6 Å². The van der Waals surface area contributed by atoms with E-state index in [1.165, 1.54) is 16.9 Å². The molecule has 3 aromatic carbocycles. The molecule has 6 rings (SSSR count). The van der Waals surface area contributed by atoms with Gasteiger partial charge in [0.25, 0.3) is 5.56 Å². The number of aromatic nitrogens is 1. The second-order valence-corrected chi connectivity index (χ2v) is 10.6. The second kappa shape index (κ2) is 9.40. The number of ether oxygens (including phenoxy) is 1. The van der Waals surface area contributed by atoms with Crippen LogP contribution < -0.4 is 19.6 Å². The molecule has 0 fully saturated rings. The van der Waals surface area contributed by atoms with E-state index >= 15 is 0 Å². The van der Waals surface area contributed by atoms with Crippen LogP contribution in [0, 0.1) is 0 Å². The Morgan fingerprint density at radius 1 is 1.08 bits per heavy atom. The normalized spacial score (nSPS) is 16.8. The van der Waals surface area contributed by atoms with Crippen molar-refractivity contribution in [1.29, 1.82) is 0 Å². The van der Waals surface area contributed by atoms with E-state index in [4.69, 9.17) is 32.9 Å². The van der Waals surface area contributed by atoms with Crippen LogP contribution in [0.15, 0.2) is 82.1 Å². The van der Waals surface area contributed by atoms with E-state index in [1.54, 1.807) is 10.6 Å². The molecule has 2 aliphatic rings. The van der Waals surface area contributed by atoms with Gasteiger partial charge in [-0.1, -0.05) is 77.0 Å². The van der Waals surface area contributed by atoms with Crippen LogP contribution in [0.4, 0.5) is 0 Å². The van der Waals surface area contributed by atoms with Gasteiger partial charge in [-0.15, -0.1) is 0 Å². The van der Waals surface area contributed by atoms with Gasteiger partial charge in [-0.3, -0.25) is 9.36 Å². The number of nitrogens with zero attached hydrogens (tertiary/aromatic N) is 2. The Bertz CT molecular complexity index is 1700. The van der Waals surface area contributed by atoms with Gasteiger partial charge in [0.15, 0.2) is 4.80 Å². The van der Waals surface area contributed by atoms with Gasteiger partial charge in [0.1, 0.15) is 5.75 Å². The van der Waals surface area contributed by atoms with Crippen LogP contribution in [-0.4, -0.2) is 11.2 Å². The number of benzene rings is 3. The van der Waals surface area contributed by atoms with Gasteiger partial charge >= 0.3 is 0 Å². The number of allylic oxidation sites excluding steroid dienone is 1. The third-order valence-corrected chi connectivity index (χ3v) is 8.16. The summed E-state index contributed by atoms with van der Waals surface area (Å²) in [6, 6.07) is 21.3. The molecule has 1 aliphatic heterocycles. The van der Waals surface area contributed by atoms with Crippen LogP contribution in [0.25, 0.3) is 11.8 Å². The standard InChI is InChI=1S/C29H22Cl2N2O2S/c1-2-35-20-11-7-17(8-12-20)15-25-28(34)33-27(22-14-10-19(30)16-24(22)31)23-13-9-18-5-3-4-6-21(18)26(23)32-29(33)36-25/h3-8,10-12,14-16,27H,2,9,13H2,1H3. The number of aryl methyl sites for hydroxylation is 1. The van der Waals surface area contributed by atoms with Crippen molar-refractivity contribution >= 4 is 46.3 Å². The van der Waals surface area contributed by atoms with Gasteiger partial charge in [0.2, 0.25) is 0 Å². The highest BCUT2D eigenvalue weighted by atomic mass is 35.5. The molecular weight excluding hydrogens is 511 g/mol. The largest absolute Gasteiger partial charge is 0.494 e. The van der Waals surface area contributed by atoms with Crippen molar-refractivity contribution < 1.29 is 4.74 Å². The Kier molecular flexibility index (Phi) is 6.08. The molecule has 4 nitrogen and oxygen atoms in total. The summed E-state index contributed by atoms with van der Waals surface area (Å²) in [5.41, 5.74) is 6.16. The minimum atomic E-state index is -0.336. The van der Waals surface area contributed by atoms with Crippen molar-refractivity contribution in [2.24, 2.45) is 4.99 Å². The summed E-state index contributed by atoms with van der Waals surface area (Å²) in [4.78, 5) is 19.6. The van der Waals surface area contributed by atoms with Crippen molar-refractivity contribution in [3.63, 3.8) is 0 Å². The molecule has 0 radical (unpaired) electrons. The molecule has 0 amide bonds. The maximum absolute atomic E-state index is 13.8. The first kappa shape index (κ1) is 23.3. The van der Waals surface area contributed by atoms with Crippen LogP contribution in [0.5, 0.6) is 5.75 Å². The first-order valence-corrected chi connectivity index (χ1v) is 13.4. The third-order valence-electron chi connectivity index (χ3n) is 6.62. The molecule has 0 saturated heterocycles. The molecule has 1 atom stereocenters. The van der Waals surface area contributed by atoms with Crippen LogP contribution in [0.3, 0.4) is 0 Å². The summed E-state index contributed by atoms with van der Waals surface area (Å²) in [6.07, 6.45) is 3.61. The summed E-state index contributed by atoms with van der Waals surface area (Å²) < 4.78 is 7.97. The molecule has 36 heavy (non-hydrogen) atoms. The lowest BCUT2D eigenvalue weighted by Gasteiger charge is -2.31. The molecule has 0 spiro atoms. The SMILES string of the molecule is CCOc1ccc(C=c2sc3n(c2=O)C(c2ccc(Cl)cc2Cl)C2=C(N=3)c3ccccc3CC2)cc1. The lowest BCUT2D eigenvalue weighted by atomic mass is 9.83. The molecule has 1 unspecified atom stereocenters. The summed E-state index contributed by atoms with van der Waals surface area (Å²) in [6.45, 7) is 2.56. The second-order valence-electron chi connectivity index (χ2n) is 8.78. The van der Waals surface area contributed by atoms with E-state index in [1.807, 2.05) is 55.5 Å². The highest BCUT2D eigenvalue weighted by molar-refractivity contribution is 7.07. The van der Waals surface area contributed by atoms with Gasteiger partial charge in [-0.2, -0.15) is 0 Å². The lowest BCUT2D eigenvalue weighted by molar-refractivity contribution is 0.340. The first-order chi connectivity index (χ1) is 17.5. The molecule has 2 heterocycles. The molecule has 1 aromatic heterocycles. The highest BCUT2D eigenvalue weighted by Gasteiger charge is 2.33. The maximum Gasteiger partial charge on any atom is 0.271 e. The van der Waals surface area contributed by atoms with Crippen LogP contribution in [0.2, 0.25) is 10.0 Å². The fraction of sp³-hybridized carbons (Fsp3) is 0.172. The summed E-state index contributed by atoms with van der Waals surface area (Å²) in [7, 11) is 0. The van der Waals surface area contributed by atoms with Gasteiger partial charge in [-0.25, -0.2) is 4.99 Å². The number of halogens is 2. The number of thiazole rings is 1. The van der Waals surface area contributed by atoms with Crippen LogP contribution in [-0.2, 0) is 6.42 Å². The van der Waals surface area contributed by atoms with E-state index in [0.717, 1.165) is 46.6 Å². The summed E-state index contributed by atoms with van der Waals surface area (Å²) >= 11 is 14.3. The number of fused-ring (bicyclic) bond motifs is 3. The smallest absolute Gasteiger partial charge is 0.271 e. The fourth-order valence-corrected chi connectivity index (χ4v) is 6.51. The van der Waals surface area contributed by atoms with Crippen LogP contribution in [0.1, 0.15) is 41.6 Å². The summed E-state index contributed by atoms with van der Waals surface area (Å²) in [5.74, 6) is 0.805. The topological polar surface area (TPSA) is 43.6 Å². The average molecular weight is 533 g/mol. The van der Waals surface area contributed by atoms with Gasteiger partial charge in [-0.05, 0) is 72.4 Å². The van der Waals surface area contributed by atoms with Crippen molar-refractivity contribution in [3.8, 4) is 5.75 Å². The molecular formula is C29H22Cl2N2O2S. The molecule has 0 N–H and O–H groups in total. The van der Waals surface area contributed by atoms with E-state index in [-0.39, 0.29) is 11.6 Å². The van der Waals surface area contributed by atoms with Crippen molar-refractivity contribution in [1.82, 2.24) is 4.57 Å². The average Bonchev–Trinajstić information content (AvgIpc) is 3.19. The Morgan fingerprint density at radius 2 is 1.89 bits per heavy atom. The minimum absolute atomic E-state index is 0.0749. The zero-order valence-corrected chi connectivity index (χ0v) is 21.8. The van der Waals surface area contributed by atoms with E-state index in [9.17, 15) is 4.79 Å². The van der Waals surface area contributed by atoms with Gasteiger partial charge in [0.05, 0.1) is 22.9 Å². The molecule has 4 aromatic rings. The van der Waals surface area contributed by atoms with E-state index in [0.29, 0.717) is 26.0 Å². The fourth-order valence-electron chi connectivity index (χ4n) is 5.00. The third kappa shape index (κ3) is 4.01. The quantitative estimate of drug-likeness (QED) is 0.322. The lowest BCUT2D eigenvalue weighted by Crippen LogP contribution is -2.38.